The lowest BCUT2D eigenvalue weighted by Crippen LogP contribution is -2.50. The number of hydrogen-bond donors (Lipinski definition) is 2. The van der Waals surface area contributed by atoms with Crippen molar-refractivity contribution in [2.24, 2.45) is 0 Å². The number of nitrogens with zero attached hydrogens (tertiary/aromatic N) is 2. The third-order valence-corrected chi connectivity index (χ3v) is 5.18. The molecule has 0 saturated carbocycles. The van der Waals surface area contributed by atoms with E-state index in [9.17, 15) is 14.0 Å². The molecule has 2 aromatic rings. The molecule has 1 atom stereocenters. The molecule has 1 aliphatic heterocycles. The van der Waals surface area contributed by atoms with Crippen LogP contribution in [-0.4, -0.2) is 49.1 Å². The zero-order chi connectivity index (χ0) is 20.6. The van der Waals surface area contributed by atoms with Crippen LogP contribution < -0.4 is 15.5 Å². The van der Waals surface area contributed by atoms with E-state index in [1.54, 1.807) is 12.1 Å². The van der Waals surface area contributed by atoms with Gasteiger partial charge in [-0.25, -0.2) is 9.18 Å². The van der Waals surface area contributed by atoms with E-state index in [1.807, 2.05) is 37.3 Å². The molecule has 3 rings (SSSR count). The summed E-state index contributed by atoms with van der Waals surface area (Å²) < 4.78 is 13.1. The van der Waals surface area contributed by atoms with Gasteiger partial charge in [0.15, 0.2) is 0 Å². The second kappa shape index (κ2) is 10.0. The van der Waals surface area contributed by atoms with Gasteiger partial charge in [0.2, 0.25) is 5.91 Å². The van der Waals surface area contributed by atoms with E-state index in [0.717, 1.165) is 37.3 Å². The fraction of sp³-hybridized carbons (Fsp3) is 0.364. The van der Waals surface area contributed by atoms with E-state index in [4.69, 9.17) is 0 Å². The van der Waals surface area contributed by atoms with Crippen LogP contribution in [0.25, 0.3) is 0 Å². The molecule has 1 unspecified atom stereocenters. The Kier molecular flexibility index (Phi) is 7.19. The minimum atomic E-state index is -0.492. The SMILES string of the molecule is CC(C(=O)NC(=O)NCc1ccccc1)N1CCCN(c2ccc(F)cc2)CC1. The Morgan fingerprint density at radius 1 is 1.00 bits per heavy atom. The maximum Gasteiger partial charge on any atom is 0.321 e. The summed E-state index contributed by atoms with van der Waals surface area (Å²) in [5, 5.41) is 5.14. The van der Waals surface area contributed by atoms with Crippen molar-refractivity contribution in [1.82, 2.24) is 15.5 Å². The topological polar surface area (TPSA) is 64.7 Å². The Labute approximate surface area is 170 Å². The maximum atomic E-state index is 13.1. The van der Waals surface area contributed by atoms with Gasteiger partial charge < -0.3 is 10.2 Å². The van der Waals surface area contributed by atoms with E-state index < -0.39 is 12.1 Å². The van der Waals surface area contributed by atoms with E-state index in [0.29, 0.717) is 13.1 Å². The number of carbonyl (C=O) groups is 2. The molecule has 2 aromatic carbocycles. The average Bonchev–Trinajstić information content (AvgIpc) is 2.99. The summed E-state index contributed by atoms with van der Waals surface area (Å²) in [5.41, 5.74) is 1.95. The minimum absolute atomic E-state index is 0.249. The second-order valence-electron chi connectivity index (χ2n) is 7.19. The Hall–Kier alpha value is -2.93. The number of benzene rings is 2. The van der Waals surface area contributed by atoms with E-state index in [2.05, 4.69) is 20.4 Å². The first kappa shape index (κ1) is 20.8. The van der Waals surface area contributed by atoms with Gasteiger partial charge in [-0.15, -0.1) is 0 Å². The largest absolute Gasteiger partial charge is 0.370 e. The molecule has 1 aliphatic rings. The first-order valence-corrected chi connectivity index (χ1v) is 9.90. The molecule has 1 fully saturated rings. The van der Waals surface area contributed by atoms with Crippen LogP contribution in [0.15, 0.2) is 54.6 Å². The van der Waals surface area contributed by atoms with Crippen molar-refractivity contribution in [2.45, 2.75) is 25.9 Å². The lowest BCUT2D eigenvalue weighted by molar-refractivity contribution is -0.124. The molecular formula is C22H27FN4O2. The summed E-state index contributed by atoms with van der Waals surface area (Å²) in [6.07, 6.45) is 0.884. The van der Waals surface area contributed by atoms with Gasteiger partial charge in [0.05, 0.1) is 6.04 Å². The summed E-state index contributed by atoms with van der Waals surface area (Å²) in [6, 6.07) is 15.1. The predicted molar refractivity (Wildman–Crippen MR) is 111 cm³/mol. The smallest absolute Gasteiger partial charge is 0.321 e. The maximum absolute atomic E-state index is 13.1. The number of anilines is 1. The van der Waals surface area contributed by atoms with Crippen molar-refractivity contribution in [3.8, 4) is 0 Å². The molecule has 3 amide bonds. The van der Waals surface area contributed by atoms with Crippen molar-refractivity contribution in [3.63, 3.8) is 0 Å². The molecule has 7 heteroatoms. The van der Waals surface area contributed by atoms with Crippen LogP contribution in [0.3, 0.4) is 0 Å². The van der Waals surface area contributed by atoms with Crippen LogP contribution in [0.4, 0.5) is 14.9 Å². The molecule has 1 heterocycles. The molecule has 0 radical (unpaired) electrons. The fourth-order valence-electron chi connectivity index (χ4n) is 3.44. The monoisotopic (exact) mass is 398 g/mol. The van der Waals surface area contributed by atoms with Crippen LogP contribution in [-0.2, 0) is 11.3 Å². The van der Waals surface area contributed by atoms with Crippen LogP contribution >= 0.6 is 0 Å². The minimum Gasteiger partial charge on any atom is -0.370 e. The highest BCUT2D eigenvalue weighted by atomic mass is 19.1. The van der Waals surface area contributed by atoms with Crippen molar-refractivity contribution in [2.75, 3.05) is 31.1 Å². The number of amides is 3. The number of nitrogens with one attached hydrogen (secondary N) is 2. The van der Waals surface area contributed by atoms with Gasteiger partial charge in [-0.2, -0.15) is 0 Å². The first-order chi connectivity index (χ1) is 14.0. The standard InChI is InChI=1S/C22H27FN4O2/c1-17(21(28)25-22(29)24-16-18-6-3-2-4-7-18)26-12-5-13-27(15-14-26)20-10-8-19(23)9-11-20/h2-4,6-11,17H,5,12-16H2,1H3,(H2,24,25,28,29). The fourth-order valence-corrected chi connectivity index (χ4v) is 3.44. The summed E-state index contributed by atoms with van der Waals surface area (Å²) in [4.78, 5) is 28.8. The Bertz CT molecular complexity index is 813. The number of hydrogen-bond acceptors (Lipinski definition) is 4. The highest BCUT2D eigenvalue weighted by molar-refractivity contribution is 5.96. The van der Waals surface area contributed by atoms with Crippen molar-refractivity contribution < 1.29 is 14.0 Å². The quantitative estimate of drug-likeness (QED) is 0.813. The zero-order valence-corrected chi connectivity index (χ0v) is 16.6. The Morgan fingerprint density at radius 2 is 1.72 bits per heavy atom. The Morgan fingerprint density at radius 3 is 2.45 bits per heavy atom. The van der Waals surface area contributed by atoms with E-state index in [-0.39, 0.29) is 11.7 Å². The molecule has 154 valence electrons. The van der Waals surface area contributed by atoms with Crippen molar-refractivity contribution in [3.05, 3.63) is 66.0 Å². The molecule has 1 saturated heterocycles. The van der Waals surface area contributed by atoms with Crippen LogP contribution in [0, 0.1) is 5.82 Å². The Balaban J connectivity index is 1.47. The highest BCUT2D eigenvalue weighted by Crippen LogP contribution is 2.18. The summed E-state index contributed by atoms with van der Waals surface area (Å²) in [7, 11) is 0. The van der Waals surface area contributed by atoms with Crippen LogP contribution in [0.1, 0.15) is 18.9 Å². The number of carbonyl (C=O) groups excluding carboxylic acids is 2. The number of imide groups is 1. The van der Waals surface area contributed by atoms with Crippen molar-refractivity contribution in [1.29, 1.82) is 0 Å². The van der Waals surface area contributed by atoms with Gasteiger partial charge in [0.25, 0.3) is 0 Å². The van der Waals surface area contributed by atoms with Gasteiger partial charge in [0, 0.05) is 38.4 Å². The molecule has 0 aromatic heterocycles. The molecule has 0 spiro atoms. The lowest BCUT2D eigenvalue weighted by atomic mass is 10.2. The first-order valence-electron chi connectivity index (χ1n) is 9.90. The highest BCUT2D eigenvalue weighted by Gasteiger charge is 2.25. The summed E-state index contributed by atoms with van der Waals surface area (Å²) in [5.74, 6) is -0.563. The van der Waals surface area contributed by atoms with E-state index in [1.165, 1.54) is 12.1 Å². The van der Waals surface area contributed by atoms with Crippen LogP contribution in [0.2, 0.25) is 0 Å². The number of halogens is 1. The number of rotatable bonds is 5. The normalized spacial score (nSPS) is 16.0. The lowest BCUT2D eigenvalue weighted by Gasteiger charge is -2.27. The van der Waals surface area contributed by atoms with Gasteiger partial charge in [-0.3, -0.25) is 15.0 Å². The summed E-state index contributed by atoms with van der Waals surface area (Å²) >= 11 is 0. The molecule has 0 aliphatic carbocycles. The predicted octanol–water partition coefficient (Wildman–Crippen LogP) is 2.75. The molecule has 0 bridgehead atoms. The van der Waals surface area contributed by atoms with Crippen LogP contribution in [0.5, 0.6) is 0 Å². The molecule has 6 nitrogen and oxygen atoms in total. The van der Waals surface area contributed by atoms with Gasteiger partial charge >= 0.3 is 6.03 Å². The van der Waals surface area contributed by atoms with Gasteiger partial charge in [-0.05, 0) is 43.2 Å². The molecule has 29 heavy (non-hydrogen) atoms. The molecular weight excluding hydrogens is 371 g/mol. The second-order valence-corrected chi connectivity index (χ2v) is 7.19. The van der Waals surface area contributed by atoms with Crippen molar-refractivity contribution >= 4 is 17.6 Å². The van der Waals surface area contributed by atoms with Gasteiger partial charge in [0.1, 0.15) is 5.82 Å². The third-order valence-electron chi connectivity index (χ3n) is 5.18. The third kappa shape index (κ3) is 6.02. The average molecular weight is 398 g/mol. The number of urea groups is 1. The van der Waals surface area contributed by atoms with E-state index >= 15 is 0 Å². The zero-order valence-electron chi connectivity index (χ0n) is 16.6. The summed E-state index contributed by atoms with van der Waals surface area (Å²) in [6.45, 7) is 5.21. The van der Waals surface area contributed by atoms with Gasteiger partial charge in [-0.1, -0.05) is 30.3 Å². The molecule has 2 N–H and O–H groups in total.